The summed E-state index contributed by atoms with van der Waals surface area (Å²) in [4.78, 5) is 57.5. The van der Waals surface area contributed by atoms with E-state index in [4.69, 9.17) is 11.1 Å². The van der Waals surface area contributed by atoms with Crippen molar-refractivity contribution < 1.29 is 23.6 Å². The molecule has 1 aliphatic heterocycles. The highest BCUT2D eigenvalue weighted by Gasteiger charge is 2.39. The molecule has 12 heteroatoms. The summed E-state index contributed by atoms with van der Waals surface area (Å²) in [5, 5.41) is 16.9. The van der Waals surface area contributed by atoms with Gasteiger partial charge in [-0.05, 0) is 55.2 Å². The number of nitrogens with two attached hydrogens (primary N) is 1. The van der Waals surface area contributed by atoms with E-state index in [1.165, 1.54) is 4.90 Å². The summed E-state index contributed by atoms with van der Waals surface area (Å²) in [5.74, 6) is -2.58. The molecular formula is C27H36FN7O4. The number of nitrogens with zero attached hydrogens (tertiary/aromatic N) is 2. The van der Waals surface area contributed by atoms with E-state index < -0.39 is 42.4 Å². The fourth-order valence-corrected chi connectivity index (χ4v) is 4.65. The first-order valence-corrected chi connectivity index (χ1v) is 13.0. The summed E-state index contributed by atoms with van der Waals surface area (Å²) >= 11 is 0. The van der Waals surface area contributed by atoms with Crippen molar-refractivity contribution in [3.8, 4) is 0 Å². The van der Waals surface area contributed by atoms with Crippen molar-refractivity contribution in [2.45, 2.75) is 57.7 Å². The first-order valence-electron chi connectivity index (χ1n) is 13.0. The number of carbonyl (C=O) groups excluding carboxylic acids is 4. The molecule has 0 unspecified atom stereocenters. The van der Waals surface area contributed by atoms with Crippen molar-refractivity contribution in [2.24, 2.45) is 11.7 Å². The number of aromatic nitrogens is 1. The Labute approximate surface area is 226 Å². The molecule has 1 aliphatic rings. The maximum atomic E-state index is 13.6. The van der Waals surface area contributed by atoms with E-state index in [2.05, 4.69) is 20.9 Å². The molecule has 6 N–H and O–H groups in total. The Morgan fingerprint density at radius 2 is 1.95 bits per heavy atom. The highest BCUT2D eigenvalue weighted by molar-refractivity contribution is 6.01. The molecule has 11 nitrogen and oxygen atoms in total. The number of fused-ring (bicyclic) bond motifs is 1. The zero-order valence-corrected chi connectivity index (χ0v) is 22.2. The maximum Gasteiger partial charge on any atom is 0.251 e. The van der Waals surface area contributed by atoms with E-state index in [0.29, 0.717) is 37.9 Å². The minimum atomic E-state index is -1.23. The summed E-state index contributed by atoms with van der Waals surface area (Å²) in [6, 6.07) is 4.21. The van der Waals surface area contributed by atoms with Crippen LogP contribution in [0.15, 0.2) is 36.7 Å². The summed E-state index contributed by atoms with van der Waals surface area (Å²) < 4.78 is 13.2. The molecule has 2 heterocycles. The van der Waals surface area contributed by atoms with E-state index in [0.717, 1.165) is 10.8 Å². The van der Waals surface area contributed by atoms with Gasteiger partial charge in [0, 0.05) is 36.4 Å². The van der Waals surface area contributed by atoms with Crippen molar-refractivity contribution in [2.75, 3.05) is 19.8 Å². The van der Waals surface area contributed by atoms with Gasteiger partial charge in [0.25, 0.3) is 5.91 Å². The van der Waals surface area contributed by atoms with Crippen molar-refractivity contribution >= 4 is 40.2 Å². The van der Waals surface area contributed by atoms with Gasteiger partial charge in [-0.2, -0.15) is 0 Å². The van der Waals surface area contributed by atoms with E-state index in [-0.39, 0.29) is 24.2 Å². The molecule has 1 saturated heterocycles. The summed E-state index contributed by atoms with van der Waals surface area (Å²) in [5.41, 5.74) is 5.64. The van der Waals surface area contributed by atoms with E-state index in [9.17, 15) is 23.6 Å². The van der Waals surface area contributed by atoms with Crippen LogP contribution in [0.25, 0.3) is 10.8 Å². The highest BCUT2D eigenvalue weighted by Crippen LogP contribution is 2.22. The van der Waals surface area contributed by atoms with Crippen LogP contribution in [0.4, 0.5) is 4.39 Å². The number of halogens is 1. The summed E-state index contributed by atoms with van der Waals surface area (Å²) in [6.07, 6.45) is 4.82. The number of rotatable bonds is 12. The molecule has 0 radical (unpaired) electrons. The van der Waals surface area contributed by atoms with Crippen molar-refractivity contribution in [3.05, 3.63) is 42.2 Å². The van der Waals surface area contributed by atoms with Crippen molar-refractivity contribution in [1.82, 2.24) is 25.8 Å². The van der Waals surface area contributed by atoms with Crippen LogP contribution in [0.2, 0.25) is 0 Å². The maximum absolute atomic E-state index is 13.6. The van der Waals surface area contributed by atoms with Gasteiger partial charge >= 0.3 is 0 Å². The van der Waals surface area contributed by atoms with Crippen LogP contribution in [0, 0.1) is 11.3 Å². The number of hydrogen-bond acceptors (Lipinski definition) is 6. The minimum Gasteiger partial charge on any atom is -0.370 e. The van der Waals surface area contributed by atoms with Crippen LogP contribution in [0.3, 0.4) is 0 Å². The van der Waals surface area contributed by atoms with Crippen LogP contribution in [-0.2, 0) is 14.4 Å². The Balaban J connectivity index is 1.68. The van der Waals surface area contributed by atoms with Gasteiger partial charge < -0.3 is 26.6 Å². The zero-order chi connectivity index (χ0) is 28.5. The van der Waals surface area contributed by atoms with Gasteiger partial charge in [-0.15, -0.1) is 0 Å². The molecule has 39 heavy (non-hydrogen) atoms. The van der Waals surface area contributed by atoms with Crippen LogP contribution < -0.4 is 21.7 Å². The lowest BCUT2D eigenvalue weighted by molar-refractivity contribution is -0.141. The lowest BCUT2D eigenvalue weighted by atomic mass is 10.0. The number of likely N-dealkylation sites (tertiary alicyclic amines) is 1. The van der Waals surface area contributed by atoms with Gasteiger partial charge in [0.1, 0.15) is 18.8 Å². The molecule has 3 rings (SSSR count). The number of Topliss-reactive ketones (excluding diaryl/α,β-unsaturated/α-hetero) is 1. The second-order valence-corrected chi connectivity index (χ2v) is 9.97. The smallest absolute Gasteiger partial charge is 0.251 e. The summed E-state index contributed by atoms with van der Waals surface area (Å²) in [6.45, 7) is 3.00. The second-order valence-electron chi connectivity index (χ2n) is 9.97. The number of amides is 3. The fraction of sp³-hybridized carbons (Fsp3) is 0.481. The average Bonchev–Trinajstić information content (AvgIpc) is 3.42. The molecule has 0 bridgehead atoms. The van der Waals surface area contributed by atoms with Crippen LogP contribution >= 0.6 is 0 Å². The first-order chi connectivity index (χ1) is 18.6. The Morgan fingerprint density at radius 1 is 1.18 bits per heavy atom. The molecule has 2 aromatic rings. The van der Waals surface area contributed by atoms with Crippen LogP contribution in [0.5, 0.6) is 0 Å². The number of ketones is 1. The fourth-order valence-electron chi connectivity index (χ4n) is 4.65. The average molecular weight is 542 g/mol. The lowest BCUT2D eigenvalue weighted by Crippen LogP contribution is -2.56. The number of carbonyl (C=O) groups is 4. The van der Waals surface area contributed by atoms with Crippen molar-refractivity contribution in [3.63, 3.8) is 0 Å². The number of benzene rings is 1. The Hall–Kier alpha value is -4.09. The molecule has 0 spiro atoms. The predicted octanol–water partition coefficient (Wildman–Crippen LogP) is 1.27. The molecule has 1 aromatic carbocycles. The van der Waals surface area contributed by atoms with Gasteiger partial charge in [0.05, 0.1) is 6.04 Å². The highest BCUT2D eigenvalue weighted by atomic mass is 19.1. The van der Waals surface area contributed by atoms with Gasteiger partial charge in [-0.3, -0.25) is 29.6 Å². The van der Waals surface area contributed by atoms with E-state index >= 15 is 0 Å². The summed E-state index contributed by atoms with van der Waals surface area (Å²) in [7, 11) is 0. The molecule has 1 fully saturated rings. The standard InChI is InChI=1S/C27H36FN7O4/c1-16(2)23(34-24(37)18-7-8-19-15-31-11-9-17(19)13-18)26(39)35-12-4-6-21(35)25(38)33-20(22(36)14-28)5-3-10-32-27(29)30/h7-9,11,13,15-16,20-21,23H,3-6,10,12,14H2,1-2H3,(H,33,38)(H,34,37)(H4,29,30,32)/t20-,21-,23-/m0/s1. The number of nitrogens with one attached hydrogen (secondary N) is 4. The molecule has 1 aromatic heterocycles. The van der Waals surface area contributed by atoms with Crippen LogP contribution in [0.1, 0.15) is 49.9 Å². The largest absolute Gasteiger partial charge is 0.370 e. The first kappa shape index (κ1) is 29.5. The van der Waals surface area contributed by atoms with Gasteiger partial charge in [-0.25, -0.2) is 4.39 Å². The molecule has 0 saturated carbocycles. The van der Waals surface area contributed by atoms with Gasteiger partial charge in [0.15, 0.2) is 11.7 Å². The van der Waals surface area contributed by atoms with Crippen LogP contribution in [-0.4, -0.2) is 77.2 Å². The van der Waals surface area contributed by atoms with Crippen molar-refractivity contribution in [1.29, 1.82) is 5.41 Å². The SMILES string of the molecule is CC(C)[C@H](NC(=O)c1ccc2cnccc2c1)C(=O)N1CCC[C@H]1C(=O)N[C@@H](CCCNC(=N)N)C(=O)CF. The quantitative estimate of drug-likeness (QED) is 0.153. The molecule has 210 valence electrons. The normalized spacial score (nSPS) is 16.5. The Morgan fingerprint density at radius 3 is 2.64 bits per heavy atom. The third-order valence-electron chi connectivity index (χ3n) is 6.78. The Bertz CT molecular complexity index is 1220. The Kier molecular flexibility index (Phi) is 10.3. The predicted molar refractivity (Wildman–Crippen MR) is 145 cm³/mol. The third kappa shape index (κ3) is 7.71. The monoisotopic (exact) mass is 541 g/mol. The van der Waals surface area contributed by atoms with E-state index in [1.54, 1.807) is 36.7 Å². The number of guanidine groups is 1. The topological polar surface area (TPSA) is 170 Å². The zero-order valence-electron chi connectivity index (χ0n) is 22.2. The molecule has 3 atom stereocenters. The van der Waals surface area contributed by atoms with Gasteiger partial charge in [-0.1, -0.05) is 19.9 Å². The number of pyridine rings is 1. The molecule has 0 aliphatic carbocycles. The van der Waals surface area contributed by atoms with E-state index in [1.807, 2.05) is 13.8 Å². The molecular weight excluding hydrogens is 505 g/mol. The molecule has 3 amide bonds. The number of alkyl halides is 1. The lowest BCUT2D eigenvalue weighted by Gasteiger charge is -2.31. The minimum absolute atomic E-state index is 0.155. The third-order valence-corrected chi connectivity index (χ3v) is 6.78. The number of hydrogen-bond donors (Lipinski definition) is 5. The van der Waals surface area contributed by atoms with Gasteiger partial charge in [0.2, 0.25) is 11.8 Å². The second kappa shape index (κ2) is 13.6.